The average molecular weight is 448 g/mol. The average Bonchev–Trinajstić information content (AvgIpc) is 3.18. The van der Waals surface area contributed by atoms with Gasteiger partial charge >= 0.3 is 6.18 Å². The normalized spacial score (nSPS) is 14.9. The fourth-order valence-electron chi connectivity index (χ4n) is 3.98. The lowest BCUT2D eigenvalue weighted by Crippen LogP contribution is -2.48. The van der Waals surface area contributed by atoms with Gasteiger partial charge in [-0.15, -0.1) is 5.10 Å². The third-order valence-electron chi connectivity index (χ3n) is 5.72. The summed E-state index contributed by atoms with van der Waals surface area (Å²) >= 11 is 0. The SMILES string of the molecule is Cc1nc2nc(C(F)(F)F)nn2c(C)c1CCC(=O)N1CCN(c2cccc(O)c2)CC1. The van der Waals surface area contributed by atoms with Crippen LogP contribution in [0, 0.1) is 13.8 Å². The van der Waals surface area contributed by atoms with Crippen LogP contribution in [-0.2, 0) is 17.4 Å². The Hall–Kier alpha value is -3.37. The minimum absolute atomic E-state index is 0.0194. The van der Waals surface area contributed by atoms with Crippen LogP contribution in [0.2, 0.25) is 0 Å². The van der Waals surface area contributed by atoms with Crippen molar-refractivity contribution >= 4 is 17.4 Å². The van der Waals surface area contributed by atoms with E-state index in [0.717, 1.165) is 10.2 Å². The maximum absolute atomic E-state index is 12.9. The summed E-state index contributed by atoms with van der Waals surface area (Å²) in [5.41, 5.74) is 2.64. The van der Waals surface area contributed by atoms with E-state index in [1.165, 1.54) is 0 Å². The molecule has 11 heteroatoms. The number of hydrogen-bond donors (Lipinski definition) is 1. The zero-order valence-electron chi connectivity index (χ0n) is 17.7. The summed E-state index contributed by atoms with van der Waals surface area (Å²) in [4.78, 5) is 24.3. The number of carbonyl (C=O) groups is 1. The lowest BCUT2D eigenvalue weighted by molar-refractivity contribution is -0.144. The number of rotatable bonds is 4. The topological polar surface area (TPSA) is 86.9 Å². The number of nitrogens with zero attached hydrogens (tertiary/aromatic N) is 6. The van der Waals surface area contributed by atoms with Crippen molar-refractivity contribution in [1.29, 1.82) is 0 Å². The Bertz CT molecular complexity index is 1150. The molecule has 0 radical (unpaired) electrons. The summed E-state index contributed by atoms with van der Waals surface area (Å²) in [5.74, 6) is -1.16. The van der Waals surface area contributed by atoms with Crippen LogP contribution in [-0.4, -0.2) is 61.7 Å². The summed E-state index contributed by atoms with van der Waals surface area (Å²) in [5, 5.41) is 13.2. The van der Waals surface area contributed by atoms with Crippen molar-refractivity contribution < 1.29 is 23.1 Å². The van der Waals surface area contributed by atoms with Gasteiger partial charge in [-0.1, -0.05) is 6.07 Å². The Labute approximate surface area is 182 Å². The molecule has 2 aromatic heterocycles. The lowest BCUT2D eigenvalue weighted by atomic mass is 10.1. The molecule has 1 amide bonds. The van der Waals surface area contributed by atoms with Gasteiger partial charge in [0.2, 0.25) is 5.91 Å². The second-order valence-corrected chi connectivity index (χ2v) is 7.79. The molecule has 32 heavy (non-hydrogen) atoms. The first-order valence-electron chi connectivity index (χ1n) is 10.3. The predicted molar refractivity (Wildman–Crippen MR) is 110 cm³/mol. The molecular formula is C21H23F3N6O2. The van der Waals surface area contributed by atoms with Crippen molar-refractivity contribution in [2.75, 3.05) is 31.1 Å². The van der Waals surface area contributed by atoms with Crippen LogP contribution in [0.4, 0.5) is 18.9 Å². The van der Waals surface area contributed by atoms with Crippen LogP contribution < -0.4 is 4.90 Å². The van der Waals surface area contributed by atoms with E-state index >= 15 is 0 Å². The van der Waals surface area contributed by atoms with Crippen LogP contribution in [0.25, 0.3) is 5.78 Å². The Kier molecular flexibility index (Phi) is 5.66. The van der Waals surface area contributed by atoms with E-state index in [0.29, 0.717) is 49.6 Å². The molecule has 0 saturated carbocycles. The Morgan fingerprint density at radius 2 is 1.84 bits per heavy atom. The van der Waals surface area contributed by atoms with Gasteiger partial charge < -0.3 is 14.9 Å². The number of carbonyl (C=O) groups excluding carboxylic acids is 1. The highest BCUT2D eigenvalue weighted by molar-refractivity contribution is 5.77. The molecule has 0 unspecified atom stereocenters. The van der Waals surface area contributed by atoms with Gasteiger partial charge in [-0.3, -0.25) is 4.79 Å². The number of amides is 1. The van der Waals surface area contributed by atoms with E-state index in [2.05, 4.69) is 20.0 Å². The molecule has 0 aliphatic carbocycles. The van der Waals surface area contributed by atoms with Crippen molar-refractivity contribution in [3.63, 3.8) is 0 Å². The molecule has 1 saturated heterocycles. The first-order valence-corrected chi connectivity index (χ1v) is 10.3. The molecule has 0 spiro atoms. The van der Waals surface area contributed by atoms with Crippen LogP contribution in [0.3, 0.4) is 0 Å². The maximum atomic E-state index is 12.9. The number of fused-ring (bicyclic) bond motifs is 1. The number of aromatic nitrogens is 4. The quantitative estimate of drug-likeness (QED) is 0.661. The standard InChI is InChI=1S/C21H23F3N6O2/c1-13-17(14(2)30-20(25-13)26-19(27-30)21(22,23)24)6-7-18(32)29-10-8-28(9-11-29)15-4-3-5-16(31)12-15/h3-5,12,31H,6-11H2,1-2H3. The number of hydrogen-bond acceptors (Lipinski definition) is 6. The zero-order chi connectivity index (χ0) is 23.0. The van der Waals surface area contributed by atoms with Gasteiger partial charge in [0.1, 0.15) is 5.75 Å². The molecule has 8 nitrogen and oxygen atoms in total. The van der Waals surface area contributed by atoms with Crippen LogP contribution in [0.15, 0.2) is 24.3 Å². The molecule has 4 rings (SSSR count). The van der Waals surface area contributed by atoms with Crippen molar-refractivity contribution in [2.24, 2.45) is 0 Å². The number of piperazine rings is 1. The summed E-state index contributed by atoms with van der Waals surface area (Å²) in [6.07, 6.45) is -4.07. The van der Waals surface area contributed by atoms with E-state index in [1.807, 2.05) is 6.07 Å². The molecular weight excluding hydrogens is 425 g/mol. The molecule has 3 aromatic rings. The van der Waals surface area contributed by atoms with E-state index in [1.54, 1.807) is 36.9 Å². The number of halogens is 3. The van der Waals surface area contributed by atoms with E-state index < -0.39 is 12.0 Å². The van der Waals surface area contributed by atoms with Crippen LogP contribution in [0.1, 0.15) is 29.2 Å². The number of phenolic OH excluding ortho intramolecular Hbond substituents is 1. The summed E-state index contributed by atoms with van der Waals surface area (Å²) < 4.78 is 39.9. The van der Waals surface area contributed by atoms with Crippen molar-refractivity contribution in [3.05, 3.63) is 47.0 Å². The van der Waals surface area contributed by atoms with Crippen molar-refractivity contribution in [2.45, 2.75) is 32.9 Å². The number of aryl methyl sites for hydroxylation is 2. The summed E-state index contributed by atoms with van der Waals surface area (Å²) in [7, 11) is 0. The Morgan fingerprint density at radius 1 is 1.12 bits per heavy atom. The molecule has 1 aromatic carbocycles. The molecule has 1 fully saturated rings. The zero-order valence-corrected chi connectivity index (χ0v) is 17.7. The van der Waals surface area contributed by atoms with Crippen molar-refractivity contribution in [1.82, 2.24) is 24.5 Å². The first kappa shape index (κ1) is 21.8. The van der Waals surface area contributed by atoms with Gasteiger partial charge in [0.15, 0.2) is 0 Å². The highest BCUT2D eigenvalue weighted by Crippen LogP contribution is 2.27. The minimum Gasteiger partial charge on any atom is -0.508 e. The Morgan fingerprint density at radius 3 is 2.50 bits per heavy atom. The van der Waals surface area contributed by atoms with Gasteiger partial charge in [-0.2, -0.15) is 18.2 Å². The second-order valence-electron chi connectivity index (χ2n) is 7.79. The highest BCUT2D eigenvalue weighted by Gasteiger charge is 2.37. The van der Waals surface area contributed by atoms with E-state index in [4.69, 9.17) is 0 Å². The summed E-state index contributed by atoms with van der Waals surface area (Å²) in [6.45, 7) is 5.77. The Balaban J connectivity index is 1.41. The van der Waals surface area contributed by atoms with Gasteiger partial charge in [-0.05, 0) is 38.0 Å². The molecule has 1 aliphatic heterocycles. The van der Waals surface area contributed by atoms with Gasteiger partial charge in [0.25, 0.3) is 11.6 Å². The third-order valence-corrected chi connectivity index (χ3v) is 5.72. The molecule has 0 bridgehead atoms. The maximum Gasteiger partial charge on any atom is 0.453 e. The number of aromatic hydroxyl groups is 1. The second kappa shape index (κ2) is 8.29. The highest BCUT2D eigenvalue weighted by atomic mass is 19.4. The minimum atomic E-state index is -4.65. The lowest BCUT2D eigenvalue weighted by Gasteiger charge is -2.36. The van der Waals surface area contributed by atoms with E-state index in [-0.39, 0.29) is 23.9 Å². The predicted octanol–water partition coefficient (Wildman–Crippen LogP) is 2.75. The first-order chi connectivity index (χ1) is 15.1. The van der Waals surface area contributed by atoms with Gasteiger partial charge in [0, 0.05) is 55.7 Å². The van der Waals surface area contributed by atoms with Crippen LogP contribution in [0.5, 0.6) is 5.75 Å². The monoisotopic (exact) mass is 448 g/mol. The molecule has 0 atom stereocenters. The largest absolute Gasteiger partial charge is 0.508 e. The number of alkyl halides is 3. The number of benzene rings is 1. The van der Waals surface area contributed by atoms with E-state index in [9.17, 15) is 23.1 Å². The summed E-state index contributed by atoms with van der Waals surface area (Å²) in [6, 6.07) is 7.01. The molecule has 3 heterocycles. The fourth-order valence-corrected chi connectivity index (χ4v) is 3.98. The molecule has 1 N–H and O–H groups in total. The number of phenols is 1. The third kappa shape index (κ3) is 4.32. The van der Waals surface area contributed by atoms with Gasteiger partial charge in [0.05, 0.1) is 0 Å². The van der Waals surface area contributed by atoms with Gasteiger partial charge in [-0.25, -0.2) is 9.50 Å². The van der Waals surface area contributed by atoms with Crippen molar-refractivity contribution in [3.8, 4) is 5.75 Å². The molecule has 1 aliphatic rings. The van der Waals surface area contributed by atoms with Crippen LogP contribution >= 0.6 is 0 Å². The smallest absolute Gasteiger partial charge is 0.453 e. The number of anilines is 1. The fraction of sp³-hybridized carbons (Fsp3) is 0.429. The molecule has 170 valence electrons.